The molecule has 0 atom stereocenters. The lowest BCUT2D eigenvalue weighted by Gasteiger charge is -2.14. The van der Waals surface area contributed by atoms with Gasteiger partial charge in [-0.15, -0.1) is 11.3 Å². The Kier molecular flexibility index (Phi) is 6.21. The van der Waals surface area contributed by atoms with Crippen molar-refractivity contribution in [3.05, 3.63) is 50.2 Å². The van der Waals surface area contributed by atoms with Crippen molar-refractivity contribution in [2.45, 2.75) is 19.3 Å². The molecule has 0 saturated heterocycles. The fraction of sp³-hybridized carbons (Fsp3) is 0.333. The lowest BCUT2D eigenvalue weighted by atomic mass is 10.1. The molecule has 136 valence electrons. The monoisotopic (exact) mass is 376 g/mol. The summed E-state index contributed by atoms with van der Waals surface area (Å²) >= 11 is 1.54. The molecule has 1 aromatic heterocycles. The van der Waals surface area contributed by atoms with Crippen LogP contribution < -0.4 is 14.8 Å². The Hall–Kier alpha value is -2.33. The van der Waals surface area contributed by atoms with Gasteiger partial charge in [-0.3, -0.25) is 10.1 Å². The average molecular weight is 376 g/mol. The molecule has 6 nitrogen and oxygen atoms in total. The van der Waals surface area contributed by atoms with Gasteiger partial charge in [-0.25, -0.2) is 0 Å². The normalized spacial score (nSPS) is 11.4. The number of nitro benzene ring substituents is 1. The largest absolute Gasteiger partial charge is 0.493 e. The standard InChI is InChI=1S/C15H15F3N2O4S/c1-23-13-5-10(7-19-8-11-3-2-4-25-11)12(20(21)22)6-14(13)24-9-15(16,17)18/h2-6,19H,7-9H2,1H3. The molecule has 0 saturated carbocycles. The highest BCUT2D eigenvalue weighted by molar-refractivity contribution is 7.09. The van der Waals surface area contributed by atoms with E-state index in [1.165, 1.54) is 24.5 Å². The zero-order chi connectivity index (χ0) is 18.4. The van der Waals surface area contributed by atoms with Crippen molar-refractivity contribution in [3.8, 4) is 11.5 Å². The summed E-state index contributed by atoms with van der Waals surface area (Å²) in [6.07, 6.45) is -4.55. The highest BCUT2D eigenvalue weighted by Crippen LogP contribution is 2.35. The van der Waals surface area contributed by atoms with Crippen LogP contribution >= 0.6 is 11.3 Å². The van der Waals surface area contributed by atoms with Gasteiger partial charge in [0.2, 0.25) is 0 Å². The van der Waals surface area contributed by atoms with Crippen molar-refractivity contribution >= 4 is 17.0 Å². The van der Waals surface area contributed by atoms with Crippen molar-refractivity contribution in [2.75, 3.05) is 13.7 Å². The summed E-state index contributed by atoms with van der Waals surface area (Å²) in [5, 5.41) is 16.2. The number of benzene rings is 1. The first kappa shape index (κ1) is 19.0. The van der Waals surface area contributed by atoms with Crippen molar-refractivity contribution in [3.63, 3.8) is 0 Å². The molecule has 0 aliphatic heterocycles. The predicted octanol–water partition coefficient (Wildman–Crippen LogP) is 3.90. The first-order chi connectivity index (χ1) is 11.8. The molecule has 0 bridgehead atoms. The van der Waals surface area contributed by atoms with Gasteiger partial charge >= 0.3 is 6.18 Å². The van der Waals surface area contributed by atoms with Crippen LogP contribution in [0.5, 0.6) is 11.5 Å². The summed E-state index contributed by atoms with van der Waals surface area (Å²) in [6.45, 7) is -0.885. The minimum atomic E-state index is -4.55. The second kappa shape index (κ2) is 8.17. The molecule has 1 N–H and O–H groups in total. The van der Waals surface area contributed by atoms with Crippen LogP contribution in [-0.4, -0.2) is 24.8 Å². The Bertz CT molecular complexity index is 720. The maximum Gasteiger partial charge on any atom is 0.422 e. The molecule has 2 aromatic rings. The Morgan fingerprint density at radius 3 is 2.60 bits per heavy atom. The zero-order valence-corrected chi connectivity index (χ0v) is 13.9. The van der Waals surface area contributed by atoms with E-state index in [9.17, 15) is 23.3 Å². The van der Waals surface area contributed by atoms with Gasteiger partial charge < -0.3 is 14.8 Å². The molecule has 2 rings (SSSR count). The second-order valence-electron chi connectivity index (χ2n) is 4.98. The average Bonchev–Trinajstić information content (AvgIpc) is 3.05. The lowest BCUT2D eigenvalue weighted by molar-refractivity contribution is -0.385. The smallest absolute Gasteiger partial charge is 0.422 e. The first-order valence-electron chi connectivity index (χ1n) is 7.08. The van der Waals surface area contributed by atoms with Crippen LogP contribution in [0.3, 0.4) is 0 Å². The number of methoxy groups -OCH3 is 1. The van der Waals surface area contributed by atoms with Crippen LogP contribution in [0.15, 0.2) is 29.6 Å². The third kappa shape index (κ3) is 5.61. The van der Waals surface area contributed by atoms with E-state index in [0.29, 0.717) is 6.54 Å². The van der Waals surface area contributed by atoms with Crippen molar-refractivity contribution in [2.24, 2.45) is 0 Å². The number of thiophene rings is 1. The number of hydrogen-bond donors (Lipinski definition) is 1. The maximum absolute atomic E-state index is 12.3. The first-order valence-corrected chi connectivity index (χ1v) is 7.96. The van der Waals surface area contributed by atoms with Crippen molar-refractivity contribution in [1.82, 2.24) is 5.32 Å². The predicted molar refractivity (Wildman–Crippen MR) is 86.1 cm³/mol. The van der Waals surface area contributed by atoms with E-state index in [2.05, 4.69) is 10.1 Å². The fourth-order valence-electron chi connectivity index (χ4n) is 2.07. The number of nitrogens with zero attached hydrogens (tertiary/aromatic N) is 1. The molecule has 0 aliphatic rings. The minimum absolute atomic E-state index is 0.00257. The van der Waals surface area contributed by atoms with Crippen LogP contribution in [0.4, 0.5) is 18.9 Å². The summed E-state index contributed by atoms with van der Waals surface area (Å²) in [7, 11) is 1.25. The molecule has 10 heteroatoms. The van der Waals surface area contributed by atoms with Crippen molar-refractivity contribution in [1.29, 1.82) is 0 Å². The molecule has 1 heterocycles. The third-order valence-corrected chi connectivity index (χ3v) is 4.02. The Labute approximate surface area is 145 Å². The Morgan fingerprint density at radius 1 is 1.28 bits per heavy atom. The lowest BCUT2D eigenvalue weighted by Crippen LogP contribution is -2.20. The molecular weight excluding hydrogens is 361 g/mol. The molecule has 25 heavy (non-hydrogen) atoms. The van der Waals surface area contributed by atoms with Gasteiger partial charge in [-0.1, -0.05) is 6.07 Å². The van der Waals surface area contributed by atoms with Crippen LogP contribution in [0.1, 0.15) is 10.4 Å². The SMILES string of the molecule is COc1cc(CNCc2cccs2)c([N+](=O)[O-])cc1OCC(F)(F)F. The highest BCUT2D eigenvalue weighted by Gasteiger charge is 2.30. The van der Waals surface area contributed by atoms with Crippen LogP contribution in [0.2, 0.25) is 0 Å². The number of nitro groups is 1. The van der Waals surface area contributed by atoms with Gasteiger partial charge in [-0.2, -0.15) is 13.2 Å². The molecule has 0 spiro atoms. The summed E-state index contributed by atoms with van der Waals surface area (Å²) < 4.78 is 46.5. The summed E-state index contributed by atoms with van der Waals surface area (Å²) in [6, 6.07) is 6.07. The summed E-state index contributed by atoms with van der Waals surface area (Å²) in [5.41, 5.74) is -0.0468. The van der Waals surface area contributed by atoms with Gasteiger partial charge in [0.25, 0.3) is 5.69 Å². The highest BCUT2D eigenvalue weighted by atomic mass is 32.1. The number of alkyl halides is 3. The van der Waals surface area contributed by atoms with E-state index in [4.69, 9.17) is 4.74 Å². The molecule has 0 amide bonds. The number of nitrogens with one attached hydrogen (secondary N) is 1. The van der Waals surface area contributed by atoms with E-state index >= 15 is 0 Å². The van der Waals surface area contributed by atoms with E-state index in [1.54, 1.807) is 0 Å². The number of ether oxygens (including phenoxy) is 2. The number of hydrogen-bond acceptors (Lipinski definition) is 6. The van der Waals surface area contributed by atoms with Gasteiger partial charge in [0.05, 0.1) is 18.1 Å². The Balaban J connectivity index is 2.18. The van der Waals surface area contributed by atoms with Gasteiger partial charge in [0.1, 0.15) is 0 Å². The van der Waals surface area contributed by atoms with E-state index in [-0.39, 0.29) is 29.3 Å². The van der Waals surface area contributed by atoms with E-state index in [1.807, 2.05) is 17.5 Å². The topological polar surface area (TPSA) is 73.6 Å². The second-order valence-corrected chi connectivity index (χ2v) is 6.01. The summed E-state index contributed by atoms with van der Waals surface area (Å²) in [5.74, 6) is -0.323. The summed E-state index contributed by atoms with van der Waals surface area (Å²) in [4.78, 5) is 11.6. The maximum atomic E-state index is 12.3. The molecule has 0 radical (unpaired) electrons. The molecule has 1 aromatic carbocycles. The van der Waals surface area contributed by atoms with Crippen LogP contribution in [0.25, 0.3) is 0 Å². The van der Waals surface area contributed by atoms with Gasteiger partial charge in [-0.05, 0) is 17.5 Å². The van der Waals surface area contributed by atoms with Crippen molar-refractivity contribution < 1.29 is 27.6 Å². The Morgan fingerprint density at radius 2 is 2.04 bits per heavy atom. The minimum Gasteiger partial charge on any atom is -0.493 e. The van der Waals surface area contributed by atoms with E-state index in [0.717, 1.165) is 10.9 Å². The van der Waals surface area contributed by atoms with Crippen LogP contribution in [-0.2, 0) is 13.1 Å². The number of halogens is 3. The quantitative estimate of drug-likeness (QED) is 0.559. The zero-order valence-electron chi connectivity index (χ0n) is 13.1. The molecule has 0 aliphatic carbocycles. The molecular formula is C15H15F3N2O4S. The van der Waals surface area contributed by atoms with Gasteiger partial charge in [0, 0.05) is 23.5 Å². The fourth-order valence-corrected chi connectivity index (χ4v) is 2.74. The number of rotatable bonds is 8. The molecule has 0 fully saturated rings. The third-order valence-electron chi connectivity index (χ3n) is 3.15. The van der Waals surface area contributed by atoms with E-state index < -0.39 is 17.7 Å². The van der Waals surface area contributed by atoms with Gasteiger partial charge in [0.15, 0.2) is 18.1 Å². The van der Waals surface area contributed by atoms with Crippen LogP contribution in [0, 0.1) is 10.1 Å². The molecule has 0 unspecified atom stereocenters.